The predicted octanol–water partition coefficient (Wildman–Crippen LogP) is 3.14. The van der Waals surface area contributed by atoms with Gasteiger partial charge in [0.15, 0.2) is 0 Å². The second-order valence-corrected chi connectivity index (χ2v) is 5.55. The Morgan fingerprint density at radius 1 is 1.00 bits per heavy atom. The molecule has 0 atom stereocenters. The van der Waals surface area contributed by atoms with Gasteiger partial charge in [0, 0.05) is 29.7 Å². The molecular weight excluding hydrogens is 360 g/mol. The lowest BCUT2D eigenvalue weighted by molar-refractivity contribution is -0.394. The number of nitro benzene ring substituents is 2. The second kappa shape index (κ2) is 6.67. The maximum atomic E-state index is 12.3. The number of carbonyl (C=O) groups excluding carboxylic acids is 1. The van der Waals surface area contributed by atoms with Crippen LogP contribution in [0.3, 0.4) is 0 Å². The number of non-ortho nitro benzene ring substituents is 2. The Morgan fingerprint density at radius 2 is 1.63 bits per heavy atom. The number of fused-ring (bicyclic) bond motifs is 1. The number of benzene rings is 2. The van der Waals surface area contributed by atoms with Gasteiger partial charge in [0.05, 0.1) is 21.5 Å². The van der Waals surface area contributed by atoms with Crippen molar-refractivity contribution in [3.05, 3.63) is 84.2 Å². The van der Waals surface area contributed by atoms with Crippen LogP contribution in [0.4, 0.5) is 11.4 Å². The quantitative estimate of drug-likeness (QED) is 0.224. The lowest BCUT2D eigenvalue weighted by atomic mass is 10.1. The van der Waals surface area contributed by atoms with Crippen LogP contribution in [0.2, 0.25) is 0 Å². The molecule has 27 heavy (non-hydrogen) atoms. The molecule has 0 amide bonds. The smallest absolute Gasteiger partial charge is 0.344 e. The molecule has 0 saturated heterocycles. The molecule has 3 aromatic rings. The van der Waals surface area contributed by atoms with E-state index in [1.165, 1.54) is 18.2 Å². The van der Waals surface area contributed by atoms with Crippen molar-refractivity contribution >= 4 is 28.3 Å². The van der Waals surface area contributed by atoms with Gasteiger partial charge in [0.25, 0.3) is 11.4 Å². The van der Waals surface area contributed by atoms with Gasteiger partial charge in [-0.05, 0) is 24.6 Å². The molecule has 0 aliphatic rings. The third-order valence-electron chi connectivity index (χ3n) is 3.69. The monoisotopic (exact) mass is 370 g/mol. The SMILES string of the molecule is Cc1cc(=O)oc2cc(OC(=O)c3cc([N+](=O)[O-])cc([N+](=O)[O-])c3)ccc12. The van der Waals surface area contributed by atoms with Gasteiger partial charge in [-0.2, -0.15) is 0 Å². The molecule has 0 bridgehead atoms. The summed E-state index contributed by atoms with van der Waals surface area (Å²) in [6.45, 7) is 1.72. The zero-order chi connectivity index (χ0) is 19.7. The van der Waals surface area contributed by atoms with Crippen molar-refractivity contribution in [2.75, 3.05) is 0 Å². The molecule has 0 fully saturated rings. The fraction of sp³-hybridized carbons (Fsp3) is 0.0588. The van der Waals surface area contributed by atoms with Gasteiger partial charge in [-0.3, -0.25) is 20.2 Å². The van der Waals surface area contributed by atoms with E-state index in [-0.39, 0.29) is 16.9 Å². The standard InChI is InChI=1S/C17H10N2O8/c1-9-4-16(20)27-15-8-13(2-3-14(9)15)26-17(21)10-5-11(18(22)23)7-12(6-10)19(24)25/h2-8H,1H3. The predicted molar refractivity (Wildman–Crippen MR) is 91.9 cm³/mol. The molecule has 1 heterocycles. The molecule has 136 valence electrons. The van der Waals surface area contributed by atoms with E-state index in [1.54, 1.807) is 13.0 Å². The maximum absolute atomic E-state index is 12.3. The number of carbonyl (C=O) groups is 1. The van der Waals surface area contributed by atoms with Crippen LogP contribution in [0, 0.1) is 27.2 Å². The Labute approximate surface area is 149 Å². The van der Waals surface area contributed by atoms with Crippen LogP contribution in [0.5, 0.6) is 5.75 Å². The Morgan fingerprint density at radius 3 is 2.22 bits per heavy atom. The van der Waals surface area contributed by atoms with Crippen molar-refractivity contribution in [3.63, 3.8) is 0 Å². The highest BCUT2D eigenvalue weighted by molar-refractivity contribution is 5.93. The van der Waals surface area contributed by atoms with E-state index in [4.69, 9.17) is 9.15 Å². The number of rotatable bonds is 4. The van der Waals surface area contributed by atoms with E-state index in [2.05, 4.69) is 0 Å². The minimum absolute atomic E-state index is 0.00964. The number of ether oxygens (including phenoxy) is 1. The molecule has 0 aliphatic heterocycles. The minimum Gasteiger partial charge on any atom is -0.423 e. The van der Waals surface area contributed by atoms with Gasteiger partial charge in [-0.25, -0.2) is 9.59 Å². The largest absolute Gasteiger partial charge is 0.423 e. The minimum atomic E-state index is -1.03. The molecule has 0 saturated carbocycles. The summed E-state index contributed by atoms with van der Waals surface area (Å²) in [5.74, 6) is -1.02. The van der Waals surface area contributed by atoms with E-state index in [9.17, 15) is 29.8 Å². The summed E-state index contributed by atoms with van der Waals surface area (Å²) in [6, 6.07) is 8.14. The summed E-state index contributed by atoms with van der Waals surface area (Å²) in [6.07, 6.45) is 0. The first kappa shape index (κ1) is 17.7. The zero-order valence-electron chi connectivity index (χ0n) is 13.7. The summed E-state index contributed by atoms with van der Waals surface area (Å²) >= 11 is 0. The van der Waals surface area contributed by atoms with Crippen molar-refractivity contribution < 1.29 is 23.8 Å². The van der Waals surface area contributed by atoms with E-state index >= 15 is 0 Å². The van der Waals surface area contributed by atoms with Crippen molar-refractivity contribution in [3.8, 4) is 5.75 Å². The molecule has 0 aliphatic carbocycles. The van der Waals surface area contributed by atoms with Crippen LogP contribution in [0.1, 0.15) is 15.9 Å². The lowest BCUT2D eigenvalue weighted by Crippen LogP contribution is -2.10. The first-order valence-corrected chi connectivity index (χ1v) is 7.45. The highest BCUT2D eigenvalue weighted by atomic mass is 16.6. The van der Waals surface area contributed by atoms with Gasteiger partial charge < -0.3 is 9.15 Å². The zero-order valence-corrected chi connectivity index (χ0v) is 13.7. The summed E-state index contributed by atoms with van der Waals surface area (Å²) in [5.41, 5.74) is -1.30. The first-order valence-electron chi connectivity index (χ1n) is 7.45. The summed E-state index contributed by atoms with van der Waals surface area (Å²) < 4.78 is 10.2. The Bertz CT molecular complexity index is 1130. The number of hydrogen-bond acceptors (Lipinski definition) is 8. The van der Waals surface area contributed by atoms with Crippen LogP contribution in [0.15, 0.2) is 51.7 Å². The Kier molecular flexibility index (Phi) is 4.38. The summed E-state index contributed by atoms with van der Waals surface area (Å²) in [5, 5.41) is 22.5. The highest BCUT2D eigenvalue weighted by Gasteiger charge is 2.21. The van der Waals surface area contributed by atoms with Gasteiger partial charge in [-0.15, -0.1) is 0 Å². The number of esters is 1. The number of nitro groups is 2. The molecule has 2 aromatic carbocycles. The van der Waals surface area contributed by atoms with E-state index in [0.29, 0.717) is 10.9 Å². The van der Waals surface area contributed by atoms with E-state index in [1.807, 2.05) is 0 Å². The van der Waals surface area contributed by atoms with Crippen LogP contribution >= 0.6 is 0 Å². The van der Waals surface area contributed by atoms with E-state index in [0.717, 1.165) is 18.2 Å². The van der Waals surface area contributed by atoms with Crippen molar-refractivity contribution in [2.45, 2.75) is 6.92 Å². The Hall–Kier alpha value is -4.08. The first-order chi connectivity index (χ1) is 12.7. The molecule has 3 rings (SSSR count). The third kappa shape index (κ3) is 3.63. The average Bonchev–Trinajstić information content (AvgIpc) is 2.60. The molecule has 1 aromatic heterocycles. The molecule has 0 spiro atoms. The van der Waals surface area contributed by atoms with E-state index < -0.39 is 32.8 Å². The lowest BCUT2D eigenvalue weighted by Gasteiger charge is -2.06. The highest BCUT2D eigenvalue weighted by Crippen LogP contribution is 2.26. The van der Waals surface area contributed by atoms with Gasteiger partial charge >= 0.3 is 11.6 Å². The number of hydrogen-bond donors (Lipinski definition) is 0. The second-order valence-electron chi connectivity index (χ2n) is 5.55. The van der Waals surface area contributed by atoms with Crippen molar-refractivity contribution in [1.29, 1.82) is 0 Å². The molecule has 0 N–H and O–H groups in total. The number of nitrogens with zero attached hydrogens (tertiary/aromatic N) is 2. The number of aryl methyl sites for hydroxylation is 1. The average molecular weight is 370 g/mol. The fourth-order valence-corrected chi connectivity index (χ4v) is 2.46. The van der Waals surface area contributed by atoms with Crippen LogP contribution in [-0.2, 0) is 0 Å². The molecular formula is C17H10N2O8. The maximum Gasteiger partial charge on any atom is 0.344 e. The van der Waals surface area contributed by atoms with Gasteiger partial charge in [0.1, 0.15) is 11.3 Å². The molecule has 0 unspecified atom stereocenters. The normalized spacial score (nSPS) is 10.6. The molecule has 10 nitrogen and oxygen atoms in total. The fourth-order valence-electron chi connectivity index (χ4n) is 2.46. The topological polar surface area (TPSA) is 143 Å². The Balaban J connectivity index is 1.98. The molecule has 10 heteroatoms. The van der Waals surface area contributed by atoms with Crippen LogP contribution < -0.4 is 10.4 Å². The van der Waals surface area contributed by atoms with Crippen molar-refractivity contribution in [2.24, 2.45) is 0 Å². The van der Waals surface area contributed by atoms with Gasteiger partial charge in [0.2, 0.25) is 0 Å². The van der Waals surface area contributed by atoms with Crippen molar-refractivity contribution in [1.82, 2.24) is 0 Å². The van der Waals surface area contributed by atoms with Gasteiger partial charge in [-0.1, -0.05) is 0 Å². The molecule has 0 radical (unpaired) electrons. The summed E-state index contributed by atoms with van der Waals surface area (Å²) in [7, 11) is 0. The summed E-state index contributed by atoms with van der Waals surface area (Å²) in [4.78, 5) is 43.8. The third-order valence-corrected chi connectivity index (χ3v) is 3.69. The van der Waals surface area contributed by atoms with Crippen LogP contribution in [-0.4, -0.2) is 15.8 Å². The van der Waals surface area contributed by atoms with Crippen LogP contribution in [0.25, 0.3) is 11.0 Å².